The highest BCUT2D eigenvalue weighted by Crippen LogP contribution is 2.07. The van der Waals surface area contributed by atoms with Gasteiger partial charge in [-0.3, -0.25) is 14.4 Å². The number of aliphatic hydroxyl groups excluding tert-OH is 1. The number of nitrogens with two attached hydrogens (primary N) is 1. The zero-order valence-corrected chi connectivity index (χ0v) is 20.0. The third-order valence-electron chi connectivity index (χ3n) is 4.87. The van der Waals surface area contributed by atoms with Crippen LogP contribution in [0.2, 0.25) is 0 Å². The summed E-state index contributed by atoms with van der Waals surface area (Å²) in [5.74, 6) is -3.03. The van der Waals surface area contributed by atoms with E-state index in [-0.39, 0.29) is 12.3 Å². The van der Waals surface area contributed by atoms with Crippen molar-refractivity contribution < 1.29 is 29.4 Å². The lowest BCUT2D eigenvalue weighted by Gasteiger charge is -2.28. The number of carbonyl (C=O) groups is 4. The quantitative estimate of drug-likeness (QED) is 0.165. The molecule has 33 heavy (non-hydrogen) atoms. The molecule has 0 spiro atoms. The van der Waals surface area contributed by atoms with Gasteiger partial charge in [0.05, 0.1) is 18.5 Å². The first-order valence-corrected chi connectivity index (χ1v) is 11.9. The van der Waals surface area contributed by atoms with Crippen LogP contribution in [0.15, 0.2) is 12.5 Å². The third-order valence-corrected chi connectivity index (χ3v) is 5.52. The van der Waals surface area contributed by atoms with Gasteiger partial charge in [0.25, 0.3) is 0 Å². The van der Waals surface area contributed by atoms with Crippen LogP contribution in [0.5, 0.6) is 0 Å². The molecule has 0 aliphatic carbocycles. The van der Waals surface area contributed by atoms with Crippen LogP contribution in [-0.2, 0) is 25.6 Å². The molecule has 0 fully saturated rings. The Bertz CT molecular complexity index is 788. The first-order chi connectivity index (χ1) is 15.5. The lowest BCUT2D eigenvalue weighted by atomic mass is 10.0. The van der Waals surface area contributed by atoms with Crippen LogP contribution >= 0.6 is 11.8 Å². The van der Waals surface area contributed by atoms with E-state index in [1.54, 1.807) is 25.6 Å². The number of carboxylic acids is 1. The van der Waals surface area contributed by atoms with Gasteiger partial charge < -0.3 is 36.9 Å². The molecule has 1 aromatic heterocycles. The van der Waals surface area contributed by atoms with Crippen LogP contribution in [0, 0.1) is 5.92 Å². The molecular formula is C20H34N6O6S. The molecule has 13 heteroatoms. The van der Waals surface area contributed by atoms with Crippen molar-refractivity contribution in [2.24, 2.45) is 11.7 Å². The maximum atomic E-state index is 12.9. The number of amides is 3. The van der Waals surface area contributed by atoms with Gasteiger partial charge in [-0.1, -0.05) is 13.8 Å². The Morgan fingerprint density at radius 3 is 2.18 bits per heavy atom. The molecular weight excluding hydrogens is 452 g/mol. The van der Waals surface area contributed by atoms with Crippen molar-refractivity contribution in [3.8, 4) is 0 Å². The van der Waals surface area contributed by atoms with Crippen LogP contribution in [0.3, 0.4) is 0 Å². The van der Waals surface area contributed by atoms with E-state index in [1.165, 1.54) is 19.4 Å². The van der Waals surface area contributed by atoms with Crippen LogP contribution in [0.25, 0.3) is 0 Å². The summed E-state index contributed by atoms with van der Waals surface area (Å²) in [6.45, 7) is 4.71. The van der Waals surface area contributed by atoms with Crippen LogP contribution < -0.4 is 21.7 Å². The SMILES string of the molecule is CSCCC(N)C(=O)NC(C(=O)NC(C(=O)NC(Cc1cnc[nH]1)C(=O)O)C(C)O)C(C)C. The predicted molar refractivity (Wildman–Crippen MR) is 123 cm³/mol. The summed E-state index contributed by atoms with van der Waals surface area (Å²) in [6, 6.07) is -4.55. The Hall–Kier alpha value is -2.64. The second kappa shape index (κ2) is 13.8. The molecule has 186 valence electrons. The largest absolute Gasteiger partial charge is 0.480 e. The van der Waals surface area contributed by atoms with Gasteiger partial charge in [0, 0.05) is 18.3 Å². The molecule has 0 aromatic carbocycles. The molecule has 0 aliphatic heterocycles. The fraction of sp³-hybridized carbons (Fsp3) is 0.650. The highest BCUT2D eigenvalue weighted by atomic mass is 32.2. The number of imidazole rings is 1. The summed E-state index contributed by atoms with van der Waals surface area (Å²) in [7, 11) is 0. The van der Waals surface area contributed by atoms with E-state index in [0.29, 0.717) is 17.9 Å². The van der Waals surface area contributed by atoms with E-state index < -0.39 is 54.0 Å². The van der Waals surface area contributed by atoms with Crippen molar-refractivity contribution in [3.05, 3.63) is 18.2 Å². The van der Waals surface area contributed by atoms with Crippen molar-refractivity contribution >= 4 is 35.5 Å². The lowest BCUT2D eigenvalue weighted by Crippen LogP contribution is -2.61. The van der Waals surface area contributed by atoms with Gasteiger partial charge >= 0.3 is 5.97 Å². The highest BCUT2D eigenvalue weighted by Gasteiger charge is 2.33. The summed E-state index contributed by atoms with van der Waals surface area (Å²) in [4.78, 5) is 56.1. The van der Waals surface area contributed by atoms with Gasteiger partial charge in [0.15, 0.2) is 0 Å². The Morgan fingerprint density at radius 1 is 1.09 bits per heavy atom. The third kappa shape index (κ3) is 9.40. The highest BCUT2D eigenvalue weighted by molar-refractivity contribution is 7.98. The van der Waals surface area contributed by atoms with Gasteiger partial charge in [-0.15, -0.1) is 0 Å². The van der Waals surface area contributed by atoms with E-state index in [1.807, 2.05) is 6.26 Å². The minimum absolute atomic E-state index is 0.0693. The number of nitrogens with zero attached hydrogens (tertiary/aromatic N) is 1. The van der Waals surface area contributed by atoms with E-state index >= 15 is 0 Å². The van der Waals surface area contributed by atoms with Crippen molar-refractivity contribution in [1.82, 2.24) is 25.9 Å². The molecule has 1 heterocycles. The number of carbonyl (C=O) groups excluding carboxylic acids is 3. The second-order valence-corrected chi connectivity index (χ2v) is 9.01. The van der Waals surface area contributed by atoms with Crippen LogP contribution in [-0.4, -0.2) is 86.2 Å². The number of H-pyrrole nitrogens is 1. The second-order valence-electron chi connectivity index (χ2n) is 8.03. The molecule has 0 radical (unpaired) electrons. The minimum Gasteiger partial charge on any atom is -0.480 e. The summed E-state index contributed by atoms with van der Waals surface area (Å²) >= 11 is 1.54. The molecule has 0 aliphatic rings. The number of carboxylic acid groups (broad SMARTS) is 1. The van der Waals surface area contributed by atoms with Crippen LogP contribution in [0.4, 0.5) is 0 Å². The Balaban J connectivity index is 2.87. The fourth-order valence-electron chi connectivity index (χ4n) is 2.90. The van der Waals surface area contributed by atoms with Crippen molar-refractivity contribution in [2.45, 2.75) is 63.9 Å². The number of aliphatic hydroxyl groups is 1. The maximum Gasteiger partial charge on any atom is 0.326 e. The molecule has 0 bridgehead atoms. The molecule has 3 amide bonds. The predicted octanol–water partition coefficient (Wildman–Crippen LogP) is -1.39. The molecule has 8 N–H and O–H groups in total. The van der Waals surface area contributed by atoms with E-state index in [4.69, 9.17) is 5.73 Å². The molecule has 1 rings (SSSR count). The van der Waals surface area contributed by atoms with Crippen molar-refractivity contribution in [3.63, 3.8) is 0 Å². The topological polar surface area (TPSA) is 200 Å². The van der Waals surface area contributed by atoms with Crippen LogP contribution in [0.1, 0.15) is 32.9 Å². The van der Waals surface area contributed by atoms with Gasteiger partial charge in [-0.2, -0.15) is 11.8 Å². The summed E-state index contributed by atoms with van der Waals surface area (Å²) in [5, 5.41) is 26.8. The molecule has 0 saturated carbocycles. The average molecular weight is 487 g/mol. The molecule has 1 aromatic rings. The minimum atomic E-state index is -1.44. The number of aromatic nitrogens is 2. The van der Waals surface area contributed by atoms with Gasteiger partial charge in [0.1, 0.15) is 18.1 Å². The Kier molecular flexibility index (Phi) is 11.9. The number of aliphatic carboxylic acids is 1. The summed E-state index contributed by atoms with van der Waals surface area (Å²) < 4.78 is 0. The summed E-state index contributed by atoms with van der Waals surface area (Å²) in [6.07, 6.45) is 3.73. The van der Waals surface area contributed by atoms with Gasteiger partial charge in [-0.05, 0) is 31.3 Å². The zero-order chi connectivity index (χ0) is 25.1. The molecule has 0 saturated heterocycles. The van der Waals surface area contributed by atoms with Crippen molar-refractivity contribution in [1.29, 1.82) is 0 Å². The summed E-state index contributed by atoms with van der Waals surface area (Å²) in [5.41, 5.74) is 6.35. The standard InChI is InChI=1S/C20H34N6O6S/c1-10(2)15(25-17(28)13(21)5-6-33-4)18(29)26-16(11(3)27)19(30)24-14(20(31)32)7-12-8-22-9-23-12/h8-11,13-16,27H,5-7,21H2,1-4H3,(H,22,23)(H,24,30)(H,25,28)(H,26,29)(H,31,32). The van der Waals surface area contributed by atoms with Gasteiger partial charge in [-0.25, -0.2) is 9.78 Å². The zero-order valence-electron chi connectivity index (χ0n) is 19.2. The smallest absolute Gasteiger partial charge is 0.326 e. The first-order valence-electron chi connectivity index (χ1n) is 10.5. The van der Waals surface area contributed by atoms with E-state index in [2.05, 4.69) is 25.9 Å². The monoisotopic (exact) mass is 486 g/mol. The maximum absolute atomic E-state index is 12.9. The van der Waals surface area contributed by atoms with E-state index in [9.17, 15) is 29.4 Å². The number of hydrogen-bond acceptors (Lipinski definition) is 8. The Labute approximate surface area is 196 Å². The number of nitrogens with one attached hydrogen (secondary N) is 4. The van der Waals surface area contributed by atoms with Gasteiger partial charge in [0.2, 0.25) is 17.7 Å². The number of rotatable bonds is 14. The fourth-order valence-corrected chi connectivity index (χ4v) is 3.39. The molecule has 12 nitrogen and oxygen atoms in total. The van der Waals surface area contributed by atoms with Crippen molar-refractivity contribution in [2.75, 3.05) is 12.0 Å². The average Bonchev–Trinajstić information content (AvgIpc) is 3.25. The lowest BCUT2D eigenvalue weighted by molar-refractivity contribution is -0.143. The van der Waals surface area contributed by atoms with E-state index in [0.717, 1.165) is 0 Å². The first kappa shape index (κ1) is 28.4. The molecule has 5 atom stereocenters. The Morgan fingerprint density at radius 2 is 1.70 bits per heavy atom. The normalized spacial score (nSPS) is 15.7. The number of aromatic amines is 1. The number of thioether (sulfide) groups is 1. The molecule has 5 unspecified atom stereocenters. The number of hydrogen-bond donors (Lipinski definition) is 7.